The molecule has 0 saturated carbocycles. The fraction of sp³-hybridized carbons (Fsp3) is 0. The van der Waals surface area contributed by atoms with Crippen LogP contribution >= 0.6 is 22.2 Å². The number of fused-ring (bicyclic) bond motifs is 12. The molecule has 1 unspecified atom stereocenters. The lowest BCUT2D eigenvalue weighted by Crippen LogP contribution is -2.01. The molecule has 0 aliphatic carbocycles. The van der Waals surface area contributed by atoms with Crippen molar-refractivity contribution in [2.24, 2.45) is 0 Å². The van der Waals surface area contributed by atoms with Crippen LogP contribution in [0.2, 0.25) is 0 Å². The van der Waals surface area contributed by atoms with Crippen LogP contribution in [0.5, 0.6) is 0 Å². The van der Waals surface area contributed by atoms with Gasteiger partial charge in [0.05, 0.1) is 5.56 Å². The Labute approximate surface area is 581 Å². The second kappa shape index (κ2) is 23.5. The molecule has 100 heavy (non-hydrogen) atoms. The van der Waals surface area contributed by atoms with Crippen LogP contribution in [0.25, 0.3) is 188 Å². The number of thiol groups is 1. The second-order valence-corrected chi connectivity index (χ2v) is 28.5. The van der Waals surface area contributed by atoms with Crippen molar-refractivity contribution in [3.05, 3.63) is 322 Å². The maximum absolute atomic E-state index is 6.68. The second-order valence-electron chi connectivity index (χ2n) is 25.3. The summed E-state index contributed by atoms with van der Waals surface area (Å²) >= 11 is 1.79. The van der Waals surface area contributed by atoms with Gasteiger partial charge < -0.3 is 8.83 Å². The number of rotatable bonds is 11. The number of furan rings is 2. The average molecular weight is 1320 g/mol. The van der Waals surface area contributed by atoms with Crippen molar-refractivity contribution < 1.29 is 8.83 Å². The minimum atomic E-state index is -1.22. The molecule has 0 bridgehead atoms. The fourth-order valence-corrected chi connectivity index (χ4v) is 18.4. The van der Waals surface area contributed by atoms with E-state index in [1.54, 1.807) is 11.3 Å². The SMILES string of the molecule is c1ccc(-c2cccc(-c3ccc4c(c3)-c3c(-c5nc(-c6ccccc6)nc(-c6cccc7c6oc6ccccc67)n5)cccc3[SH]4c3cccc(-c4nc(-c5ccc6oc7ccccc7c6c5)nc(-c5cccc6sc7ccc(-c8cccc(-c9ccccc9)c8)cc7c56)n4)c3)c2)cc1. The topological polar surface area (TPSA) is 104 Å². The summed E-state index contributed by atoms with van der Waals surface area (Å²) in [4.78, 5) is 36.4. The molecule has 20 rings (SSSR count). The summed E-state index contributed by atoms with van der Waals surface area (Å²) in [7, 11) is -1.22. The summed E-state index contributed by atoms with van der Waals surface area (Å²) < 4.78 is 15.4. The standard InChI is InChI=1S/C90H54N6O2S2/c1-4-20-54(21-5-1)57-26-14-28-59(48-57)61-43-46-78-73(51-61)82-69(35-18-40-79(82)99-78)88-94-86(91-87(95-88)64-42-45-77-72(53-64)67-33-11-12-38-75(67)97-77)63-30-16-31-65(50-63)100-80-47-44-62(60-29-15-27-58(49-60)55-22-6-2-7-23-55)52-74(80)83-70(36-19-41-81(83)100)89-92-85(56-24-8-3-9-25-56)93-90(96-89)71-37-17-34-68-66-32-10-13-39-76(66)98-84(68)71/h1-53,100H. The fourth-order valence-electron chi connectivity index (χ4n) is 14.6. The van der Waals surface area contributed by atoms with E-state index in [0.29, 0.717) is 34.9 Å². The molecule has 1 aliphatic rings. The van der Waals surface area contributed by atoms with Gasteiger partial charge in [-0.05, 0) is 152 Å². The zero-order valence-corrected chi connectivity index (χ0v) is 55.2. The minimum Gasteiger partial charge on any atom is -0.456 e. The van der Waals surface area contributed by atoms with Gasteiger partial charge in [0.2, 0.25) is 0 Å². The largest absolute Gasteiger partial charge is 0.456 e. The van der Waals surface area contributed by atoms with E-state index < -0.39 is 10.9 Å². The summed E-state index contributed by atoms with van der Waals surface area (Å²) in [5, 5.41) is 6.32. The first-order valence-corrected chi connectivity index (χ1v) is 35.5. The van der Waals surface area contributed by atoms with Crippen LogP contribution in [0.4, 0.5) is 0 Å². The normalized spacial score (nSPS) is 13.1. The van der Waals surface area contributed by atoms with E-state index in [4.69, 9.17) is 38.7 Å². The van der Waals surface area contributed by atoms with E-state index in [2.05, 4.69) is 267 Å². The average Bonchev–Trinajstić information content (AvgIpc) is 1.58. The maximum atomic E-state index is 6.68. The van der Waals surface area contributed by atoms with Gasteiger partial charge in [-0.1, -0.05) is 224 Å². The molecular weight excluding hydrogens is 1260 g/mol. The monoisotopic (exact) mass is 1310 g/mol. The van der Waals surface area contributed by atoms with Gasteiger partial charge in [-0.15, -0.1) is 11.3 Å². The Morgan fingerprint density at radius 1 is 0.240 bits per heavy atom. The predicted molar refractivity (Wildman–Crippen MR) is 411 cm³/mol. The van der Waals surface area contributed by atoms with Gasteiger partial charge in [0.25, 0.3) is 0 Å². The molecule has 19 aromatic rings. The first-order valence-electron chi connectivity index (χ1n) is 33.4. The molecule has 0 fully saturated rings. The summed E-state index contributed by atoms with van der Waals surface area (Å²) in [5.41, 5.74) is 19.8. The van der Waals surface area contributed by atoms with Gasteiger partial charge in [0.1, 0.15) is 22.3 Å². The summed E-state index contributed by atoms with van der Waals surface area (Å²) in [6.07, 6.45) is 0. The highest BCUT2D eigenvalue weighted by Crippen LogP contribution is 2.65. The lowest BCUT2D eigenvalue weighted by atomic mass is 9.94. The van der Waals surface area contributed by atoms with Crippen LogP contribution in [-0.2, 0) is 0 Å². The number of thiophene rings is 1. The Bertz CT molecular complexity index is 6500. The van der Waals surface area contributed by atoms with Gasteiger partial charge in [0.15, 0.2) is 34.9 Å². The van der Waals surface area contributed by atoms with Gasteiger partial charge in [0, 0.05) is 84.9 Å². The molecule has 5 aromatic heterocycles. The molecule has 0 saturated heterocycles. The molecular formula is C90H54N6O2S2. The third-order valence-electron chi connectivity index (χ3n) is 19.3. The molecule has 468 valence electrons. The number of benzene rings is 14. The molecule has 10 heteroatoms. The Morgan fingerprint density at radius 3 is 1.43 bits per heavy atom. The molecule has 0 radical (unpaired) electrons. The van der Waals surface area contributed by atoms with Crippen molar-refractivity contribution in [3.8, 4) is 124 Å². The highest BCUT2D eigenvalue weighted by Gasteiger charge is 2.33. The van der Waals surface area contributed by atoms with Crippen molar-refractivity contribution in [1.82, 2.24) is 29.9 Å². The van der Waals surface area contributed by atoms with Crippen molar-refractivity contribution >= 4 is 86.3 Å². The Balaban J connectivity index is 0.770. The van der Waals surface area contributed by atoms with Gasteiger partial charge in [-0.3, -0.25) is 0 Å². The number of hydrogen-bond donors (Lipinski definition) is 1. The number of aromatic nitrogens is 6. The quantitative estimate of drug-likeness (QED) is 0.128. The molecule has 0 amide bonds. The molecule has 1 atom stereocenters. The van der Waals surface area contributed by atoms with Gasteiger partial charge in [-0.2, -0.15) is 10.9 Å². The molecule has 8 nitrogen and oxygen atoms in total. The van der Waals surface area contributed by atoms with E-state index >= 15 is 0 Å². The van der Waals surface area contributed by atoms with Crippen molar-refractivity contribution in [1.29, 1.82) is 0 Å². The molecule has 0 spiro atoms. The highest BCUT2D eigenvalue weighted by atomic mass is 32.2. The smallest absolute Gasteiger partial charge is 0.167 e. The minimum absolute atomic E-state index is 0.526. The van der Waals surface area contributed by atoms with E-state index in [-0.39, 0.29) is 0 Å². The van der Waals surface area contributed by atoms with E-state index in [9.17, 15) is 0 Å². The summed E-state index contributed by atoms with van der Waals surface area (Å²) in [6, 6.07) is 114. The van der Waals surface area contributed by atoms with Gasteiger partial charge in [-0.25, -0.2) is 29.9 Å². The van der Waals surface area contributed by atoms with Crippen molar-refractivity contribution in [2.45, 2.75) is 14.7 Å². The number of para-hydroxylation sites is 3. The van der Waals surface area contributed by atoms with E-state index in [0.717, 1.165) is 142 Å². The van der Waals surface area contributed by atoms with Crippen molar-refractivity contribution in [2.75, 3.05) is 0 Å². The highest BCUT2D eigenvalue weighted by molar-refractivity contribution is 8.17. The van der Waals surface area contributed by atoms with Crippen LogP contribution in [0.1, 0.15) is 0 Å². The number of hydrogen-bond acceptors (Lipinski definition) is 9. The first-order chi connectivity index (χ1) is 49.5. The van der Waals surface area contributed by atoms with Crippen LogP contribution < -0.4 is 0 Å². The Kier molecular flexibility index (Phi) is 13.5. The predicted octanol–water partition coefficient (Wildman–Crippen LogP) is 24.4. The van der Waals surface area contributed by atoms with Crippen LogP contribution in [-0.4, -0.2) is 29.9 Å². The van der Waals surface area contributed by atoms with Crippen molar-refractivity contribution in [3.63, 3.8) is 0 Å². The van der Waals surface area contributed by atoms with Crippen LogP contribution in [0, 0.1) is 0 Å². The Morgan fingerprint density at radius 2 is 0.700 bits per heavy atom. The van der Waals surface area contributed by atoms with E-state index in [1.807, 2.05) is 54.6 Å². The molecule has 0 N–H and O–H groups in total. The molecule has 6 heterocycles. The zero-order chi connectivity index (χ0) is 65.8. The first kappa shape index (κ1) is 57.5. The number of nitrogens with zero attached hydrogens (tertiary/aromatic N) is 6. The molecule has 1 aliphatic heterocycles. The Hall–Kier alpha value is -12.7. The lowest BCUT2D eigenvalue weighted by molar-refractivity contribution is 0.669. The third-order valence-corrected chi connectivity index (χ3v) is 23.0. The molecule has 14 aromatic carbocycles. The van der Waals surface area contributed by atoms with Crippen LogP contribution in [0.3, 0.4) is 0 Å². The maximum Gasteiger partial charge on any atom is 0.167 e. The van der Waals surface area contributed by atoms with Crippen LogP contribution in [0.15, 0.2) is 345 Å². The summed E-state index contributed by atoms with van der Waals surface area (Å²) in [6.45, 7) is 0. The lowest BCUT2D eigenvalue weighted by Gasteiger charge is -2.20. The van der Waals surface area contributed by atoms with Gasteiger partial charge >= 0.3 is 0 Å². The third kappa shape index (κ3) is 9.82. The van der Waals surface area contributed by atoms with E-state index in [1.165, 1.54) is 25.6 Å². The zero-order valence-electron chi connectivity index (χ0n) is 53.5. The summed E-state index contributed by atoms with van der Waals surface area (Å²) in [5.74, 6) is 3.37.